The van der Waals surface area contributed by atoms with Crippen LogP contribution in [0.25, 0.3) is 0 Å². The zero-order valence-electron chi connectivity index (χ0n) is 11.3. The number of carbonyl (C=O) groups is 2. The number of nitrogens with zero attached hydrogens (tertiary/aromatic N) is 1. The van der Waals surface area contributed by atoms with E-state index in [0.29, 0.717) is 12.0 Å². The van der Waals surface area contributed by atoms with Crippen LogP contribution in [0.4, 0.5) is 0 Å². The summed E-state index contributed by atoms with van der Waals surface area (Å²) in [6.45, 7) is -0.208. The Labute approximate surface area is 117 Å². The third-order valence-electron chi connectivity index (χ3n) is 3.33. The lowest BCUT2D eigenvalue weighted by molar-refractivity contribution is -0.137. The maximum Gasteiger partial charge on any atom is 0.335 e. The van der Waals surface area contributed by atoms with Gasteiger partial charge in [0, 0.05) is 12.6 Å². The average Bonchev–Trinajstić information content (AvgIpc) is 2.50. The second-order valence-electron chi connectivity index (χ2n) is 4.56. The Bertz CT molecular complexity index is 524. The Balaban J connectivity index is 2.32. The fourth-order valence-corrected chi connectivity index (χ4v) is 2.25. The molecule has 1 heterocycles. The van der Waals surface area contributed by atoms with E-state index in [2.05, 4.69) is 4.74 Å². The highest BCUT2D eigenvalue weighted by molar-refractivity contribution is 5.92. The molecule has 1 atom stereocenters. The van der Waals surface area contributed by atoms with Crippen molar-refractivity contribution in [3.63, 3.8) is 0 Å². The van der Waals surface area contributed by atoms with Gasteiger partial charge in [0.2, 0.25) is 5.91 Å². The number of rotatable bonds is 4. The molecule has 0 saturated carbocycles. The average molecular weight is 275 g/mol. The highest BCUT2D eigenvalue weighted by atomic mass is 16.5. The van der Waals surface area contributed by atoms with Crippen LogP contribution >= 0.6 is 0 Å². The van der Waals surface area contributed by atoms with Gasteiger partial charge in [-0.1, -0.05) is 30.3 Å². The number of hydrogen-bond donors (Lipinski definition) is 1. The first-order valence-corrected chi connectivity index (χ1v) is 6.43. The molecule has 106 valence electrons. The third kappa shape index (κ3) is 2.88. The number of hydrogen-bond acceptors (Lipinski definition) is 4. The zero-order valence-corrected chi connectivity index (χ0v) is 11.3. The van der Waals surface area contributed by atoms with Gasteiger partial charge in [0.15, 0.2) is 0 Å². The summed E-state index contributed by atoms with van der Waals surface area (Å²) in [6.07, 6.45) is 2.10. The van der Waals surface area contributed by atoms with Gasteiger partial charge >= 0.3 is 5.97 Å². The molecule has 1 aliphatic rings. The van der Waals surface area contributed by atoms with Gasteiger partial charge in [0.25, 0.3) is 0 Å². The second kappa shape index (κ2) is 6.34. The maximum atomic E-state index is 12.0. The van der Waals surface area contributed by atoms with E-state index in [-0.39, 0.29) is 18.9 Å². The van der Waals surface area contributed by atoms with Crippen molar-refractivity contribution in [1.29, 1.82) is 0 Å². The number of amides is 1. The number of aliphatic hydroxyl groups is 1. The first-order valence-electron chi connectivity index (χ1n) is 6.43. The van der Waals surface area contributed by atoms with Gasteiger partial charge in [0.1, 0.15) is 0 Å². The quantitative estimate of drug-likeness (QED) is 0.843. The molecule has 0 radical (unpaired) electrons. The normalized spacial score (nSPS) is 16.6. The van der Waals surface area contributed by atoms with Crippen LogP contribution in [-0.2, 0) is 14.3 Å². The summed E-state index contributed by atoms with van der Waals surface area (Å²) < 4.78 is 4.68. The van der Waals surface area contributed by atoms with Crippen LogP contribution in [0.3, 0.4) is 0 Å². The van der Waals surface area contributed by atoms with Crippen LogP contribution in [0.2, 0.25) is 0 Å². The van der Waals surface area contributed by atoms with Crippen LogP contribution in [0.5, 0.6) is 0 Å². The van der Waals surface area contributed by atoms with Gasteiger partial charge in [-0.3, -0.25) is 4.79 Å². The van der Waals surface area contributed by atoms with Crippen LogP contribution in [-0.4, -0.2) is 35.6 Å². The molecule has 0 spiro atoms. The van der Waals surface area contributed by atoms with Crippen molar-refractivity contribution in [3.8, 4) is 0 Å². The van der Waals surface area contributed by atoms with Crippen molar-refractivity contribution in [2.45, 2.75) is 18.9 Å². The maximum absolute atomic E-state index is 12.0. The van der Waals surface area contributed by atoms with Gasteiger partial charge in [-0.25, -0.2) is 4.79 Å². The first kappa shape index (κ1) is 14.3. The molecule has 1 amide bonds. The number of esters is 1. The van der Waals surface area contributed by atoms with E-state index in [1.165, 1.54) is 18.2 Å². The molecule has 5 nitrogen and oxygen atoms in total. The number of aliphatic hydroxyl groups excluding tert-OH is 1. The Hall–Kier alpha value is -2.14. The Morgan fingerprint density at radius 3 is 2.65 bits per heavy atom. The van der Waals surface area contributed by atoms with E-state index in [9.17, 15) is 14.7 Å². The second-order valence-corrected chi connectivity index (χ2v) is 4.56. The predicted octanol–water partition coefficient (Wildman–Crippen LogP) is 1.40. The molecule has 0 bridgehead atoms. The number of ether oxygens (including phenoxy) is 1. The molecule has 0 fully saturated rings. The SMILES string of the molecule is COC(=O)C1=CN([C@@H](CO)c2ccccc2)C(=O)CC1. The Morgan fingerprint density at radius 1 is 1.35 bits per heavy atom. The van der Waals surface area contributed by atoms with Crippen LogP contribution in [0, 0.1) is 0 Å². The molecule has 1 aliphatic heterocycles. The number of methoxy groups -OCH3 is 1. The molecule has 0 aliphatic carbocycles. The molecular weight excluding hydrogens is 258 g/mol. The lowest BCUT2D eigenvalue weighted by Crippen LogP contribution is -2.36. The Morgan fingerprint density at radius 2 is 2.05 bits per heavy atom. The molecule has 20 heavy (non-hydrogen) atoms. The van der Waals surface area contributed by atoms with Gasteiger partial charge in [0.05, 0.1) is 25.3 Å². The smallest absolute Gasteiger partial charge is 0.335 e. The molecule has 0 saturated heterocycles. The van der Waals surface area contributed by atoms with Crippen LogP contribution in [0.15, 0.2) is 42.1 Å². The van der Waals surface area contributed by atoms with Crippen molar-refractivity contribution in [2.24, 2.45) is 0 Å². The first-order chi connectivity index (χ1) is 9.67. The zero-order chi connectivity index (χ0) is 14.5. The molecule has 5 heteroatoms. The van der Waals surface area contributed by atoms with Crippen LogP contribution < -0.4 is 0 Å². The summed E-state index contributed by atoms with van der Waals surface area (Å²) in [5.41, 5.74) is 1.27. The van der Waals surface area contributed by atoms with E-state index in [0.717, 1.165) is 5.56 Å². The minimum Gasteiger partial charge on any atom is -0.466 e. The summed E-state index contributed by atoms with van der Waals surface area (Å²) in [6, 6.07) is 8.76. The third-order valence-corrected chi connectivity index (χ3v) is 3.33. The van der Waals surface area contributed by atoms with Crippen molar-refractivity contribution >= 4 is 11.9 Å². The fraction of sp³-hybridized carbons (Fsp3) is 0.333. The lowest BCUT2D eigenvalue weighted by Gasteiger charge is -2.31. The van der Waals surface area contributed by atoms with Crippen molar-refractivity contribution in [3.05, 3.63) is 47.7 Å². The van der Waals surface area contributed by atoms with Gasteiger partial charge < -0.3 is 14.7 Å². The Kier molecular flexibility index (Phi) is 4.53. The number of carbonyl (C=O) groups excluding carboxylic acids is 2. The standard InChI is InChI=1S/C15H17NO4/c1-20-15(19)12-7-8-14(18)16(9-12)13(10-17)11-5-3-2-4-6-11/h2-6,9,13,17H,7-8,10H2,1H3/t13-/m0/s1. The van der Waals surface area contributed by atoms with E-state index in [4.69, 9.17) is 0 Å². The molecule has 2 rings (SSSR count). The van der Waals surface area contributed by atoms with Crippen molar-refractivity contribution in [2.75, 3.05) is 13.7 Å². The largest absolute Gasteiger partial charge is 0.466 e. The lowest BCUT2D eigenvalue weighted by atomic mass is 10.0. The predicted molar refractivity (Wildman–Crippen MR) is 72.4 cm³/mol. The molecule has 1 N–H and O–H groups in total. The number of benzene rings is 1. The van der Waals surface area contributed by atoms with Crippen LogP contribution in [0.1, 0.15) is 24.4 Å². The van der Waals surface area contributed by atoms with Crippen molar-refractivity contribution < 1.29 is 19.4 Å². The molecule has 0 aromatic heterocycles. The van der Waals surface area contributed by atoms with E-state index in [1.54, 1.807) is 0 Å². The van der Waals surface area contributed by atoms with E-state index < -0.39 is 12.0 Å². The summed E-state index contributed by atoms with van der Waals surface area (Å²) in [4.78, 5) is 25.0. The van der Waals surface area contributed by atoms with Crippen molar-refractivity contribution in [1.82, 2.24) is 4.90 Å². The van der Waals surface area contributed by atoms with E-state index >= 15 is 0 Å². The van der Waals surface area contributed by atoms with Gasteiger partial charge in [-0.15, -0.1) is 0 Å². The monoisotopic (exact) mass is 275 g/mol. The highest BCUT2D eigenvalue weighted by Gasteiger charge is 2.28. The summed E-state index contributed by atoms with van der Waals surface area (Å²) >= 11 is 0. The highest BCUT2D eigenvalue weighted by Crippen LogP contribution is 2.27. The summed E-state index contributed by atoms with van der Waals surface area (Å²) in [5, 5.41) is 9.59. The molecule has 1 aromatic carbocycles. The van der Waals surface area contributed by atoms with E-state index in [1.807, 2.05) is 30.3 Å². The van der Waals surface area contributed by atoms with Gasteiger partial charge in [-0.2, -0.15) is 0 Å². The minimum atomic E-state index is -0.483. The molecule has 0 unspecified atom stereocenters. The molecular formula is C15H17NO4. The van der Waals surface area contributed by atoms with Gasteiger partial charge in [-0.05, 0) is 12.0 Å². The fourth-order valence-electron chi connectivity index (χ4n) is 2.25. The minimum absolute atomic E-state index is 0.111. The molecule has 1 aromatic rings. The summed E-state index contributed by atoms with van der Waals surface area (Å²) in [7, 11) is 1.31. The topological polar surface area (TPSA) is 66.8 Å². The summed E-state index contributed by atoms with van der Waals surface area (Å²) in [5.74, 6) is -0.548.